The molecule has 0 fully saturated rings. The van der Waals surface area contributed by atoms with Gasteiger partial charge in [0, 0.05) is 12.2 Å². The second-order valence-electron chi connectivity index (χ2n) is 4.64. The average molecular weight is 221 g/mol. The van der Waals surface area contributed by atoms with Gasteiger partial charge in [0.15, 0.2) is 0 Å². The van der Waals surface area contributed by atoms with E-state index in [9.17, 15) is 0 Å². The molecule has 0 aliphatic carbocycles. The zero-order valence-electron chi connectivity index (χ0n) is 9.85. The summed E-state index contributed by atoms with van der Waals surface area (Å²) in [6.07, 6.45) is -0.0303. The smallest absolute Gasteiger partial charge is 0.124 e. The van der Waals surface area contributed by atoms with Crippen molar-refractivity contribution in [1.29, 1.82) is 0 Å². The van der Waals surface area contributed by atoms with Crippen LogP contribution in [-0.2, 0) is 4.74 Å². The second-order valence-corrected chi connectivity index (χ2v) is 4.64. The molecule has 2 unspecified atom stereocenters. The minimum Gasteiger partial charge on any atom is -0.490 e. The van der Waals surface area contributed by atoms with E-state index in [4.69, 9.17) is 15.2 Å². The van der Waals surface area contributed by atoms with Gasteiger partial charge in [-0.05, 0) is 12.0 Å². The number of para-hydroxylation sites is 1. The van der Waals surface area contributed by atoms with Gasteiger partial charge >= 0.3 is 0 Å². The minimum atomic E-state index is -0.0799. The number of hydrogen-bond donors (Lipinski definition) is 1. The molecule has 0 saturated heterocycles. The summed E-state index contributed by atoms with van der Waals surface area (Å²) in [6, 6.07) is 7.82. The molecule has 1 aliphatic rings. The highest BCUT2D eigenvalue weighted by Crippen LogP contribution is 2.31. The molecule has 0 radical (unpaired) electrons. The summed E-state index contributed by atoms with van der Waals surface area (Å²) in [6.45, 7) is 5.53. The molecular weight excluding hydrogens is 202 g/mol. The number of fused-ring (bicyclic) bond motifs is 1. The molecule has 0 amide bonds. The summed E-state index contributed by atoms with van der Waals surface area (Å²) in [4.78, 5) is 0. The lowest BCUT2D eigenvalue weighted by atomic mass is 9.99. The van der Waals surface area contributed by atoms with E-state index in [1.165, 1.54) is 0 Å². The summed E-state index contributed by atoms with van der Waals surface area (Å²) < 4.78 is 11.4. The van der Waals surface area contributed by atoms with Crippen LogP contribution < -0.4 is 10.5 Å². The summed E-state index contributed by atoms with van der Waals surface area (Å²) in [5.74, 6) is 1.41. The van der Waals surface area contributed by atoms with Crippen molar-refractivity contribution in [1.82, 2.24) is 0 Å². The van der Waals surface area contributed by atoms with E-state index in [0.29, 0.717) is 12.5 Å². The van der Waals surface area contributed by atoms with Crippen LogP contribution in [0.4, 0.5) is 0 Å². The first-order valence-corrected chi connectivity index (χ1v) is 5.77. The lowest BCUT2D eigenvalue weighted by Crippen LogP contribution is -2.38. The van der Waals surface area contributed by atoms with E-state index in [0.717, 1.165) is 17.9 Å². The standard InChI is InChI=1S/C13H19NO2/c1-9(2)7-15-12-8-16-11-6-4-3-5-10(11)13(12)14/h3-6,9,12-13H,7-8,14H2,1-2H3. The van der Waals surface area contributed by atoms with Gasteiger partial charge in [0.1, 0.15) is 18.5 Å². The van der Waals surface area contributed by atoms with Crippen molar-refractivity contribution >= 4 is 0 Å². The fourth-order valence-electron chi connectivity index (χ4n) is 1.83. The van der Waals surface area contributed by atoms with Crippen LogP contribution in [0.25, 0.3) is 0 Å². The molecule has 0 spiro atoms. The Morgan fingerprint density at radius 2 is 2.19 bits per heavy atom. The van der Waals surface area contributed by atoms with Gasteiger partial charge in [-0.15, -0.1) is 0 Å². The lowest BCUT2D eigenvalue weighted by molar-refractivity contribution is -0.0180. The zero-order valence-corrected chi connectivity index (χ0v) is 9.85. The van der Waals surface area contributed by atoms with Crippen LogP contribution in [0.1, 0.15) is 25.5 Å². The van der Waals surface area contributed by atoms with Gasteiger partial charge in [-0.1, -0.05) is 32.0 Å². The van der Waals surface area contributed by atoms with Crippen LogP contribution in [0.2, 0.25) is 0 Å². The quantitative estimate of drug-likeness (QED) is 0.850. The van der Waals surface area contributed by atoms with E-state index in [2.05, 4.69) is 13.8 Å². The minimum absolute atomic E-state index is 0.0303. The average Bonchev–Trinajstić information content (AvgIpc) is 2.28. The number of hydrogen-bond acceptors (Lipinski definition) is 3. The number of nitrogens with two attached hydrogens (primary N) is 1. The highest BCUT2D eigenvalue weighted by atomic mass is 16.5. The number of benzene rings is 1. The van der Waals surface area contributed by atoms with Crippen molar-refractivity contribution in [3.05, 3.63) is 29.8 Å². The van der Waals surface area contributed by atoms with Gasteiger partial charge in [0.2, 0.25) is 0 Å². The summed E-state index contributed by atoms with van der Waals surface area (Å²) in [5.41, 5.74) is 7.22. The SMILES string of the molecule is CC(C)COC1COc2ccccc2C1N. The van der Waals surface area contributed by atoms with Gasteiger partial charge in [-0.3, -0.25) is 0 Å². The molecule has 16 heavy (non-hydrogen) atoms. The normalized spacial score (nSPS) is 24.0. The Labute approximate surface area is 96.5 Å². The predicted octanol–water partition coefficient (Wildman–Crippen LogP) is 2.12. The van der Waals surface area contributed by atoms with Gasteiger partial charge in [0.25, 0.3) is 0 Å². The van der Waals surface area contributed by atoms with Crippen LogP contribution in [0.5, 0.6) is 5.75 Å². The molecule has 2 N–H and O–H groups in total. The molecule has 1 heterocycles. The maximum Gasteiger partial charge on any atom is 0.124 e. The maximum absolute atomic E-state index is 6.17. The fraction of sp³-hybridized carbons (Fsp3) is 0.538. The Balaban J connectivity index is 2.06. The van der Waals surface area contributed by atoms with E-state index in [1.54, 1.807) is 0 Å². The van der Waals surface area contributed by atoms with Crippen molar-refractivity contribution in [2.45, 2.75) is 26.0 Å². The van der Waals surface area contributed by atoms with Crippen molar-refractivity contribution < 1.29 is 9.47 Å². The van der Waals surface area contributed by atoms with Gasteiger partial charge in [-0.2, -0.15) is 0 Å². The number of ether oxygens (including phenoxy) is 2. The molecule has 2 atom stereocenters. The van der Waals surface area contributed by atoms with E-state index in [1.807, 2.05) is 24.3 Å². The van der Waals surface area contributed by atoms with Crippen molar-refractivity contribution in [2.24, 2.45) is 11.7 Å². The third-order valence-electron chi connectivity index (χ3n) is 2.73. The van der Waals surface area contributed by atoms with Gasteiger partial charge in [-0.25, -0.2) is 0 Å². The molecule has 0 aromatic heterocycles. The maximum atomic E-state index is 6.17. The van der Waals surface area contributed by atoms with Crippen LogP contribution in [0, 0.1) is 5.92 Å². The first kappa shape index (κ1) is 11.4. The van der Waals surface area contributed by atoms with Crippen molar-refractivity contribution in [3.63, 3.8) is 0 Å². The van der Waals surface area contributed by atoms with Gasteiger partial charge < -0.3 is 15.2 Å². The Hall–Kier alpha value is -1.06. The first-order chi connectivity index (χ1) is 7.68. The second kappa shape index (κ2) is 4.85. The molecule has 1 aromatic rings. The molecular formula is C13H19NO2. The Kier molecular flexibility index (Phi) is 3.46. The summed E-state index contributed by atoms with van der Waals surface area (Å²) >= 11 is 0. The highest BCUT2D eigenvalue weighted by molar-refractivity contribution is 5.38. The monoisotopic (exact) mass is 221 g/mol. The molecule has 1 aromatic carbocycles. The third kappa shape index (κ3) is 2.36. The Morgan fingerprint density at radius 1 is 1.44 bits per heavy atom. The molecule has 0 bridgehead atoms. The van der Waals surface area contributed by atoms with Gasteiger partial charge in [0.05, 0.1) is 6.04 Å². The summed E-state index contributed by atoms with van der Waals surface area (Å²) in [5, 5.41) is 0. The molecule has 0 saturated carbocycles. The van der Waals surface area contributed by atoms with Crippen LogP contribution >= 0.6 is 0 Å². The largest absolute Gasteiger partial charge is 0.490 e. The molecule has 3 nitrogen and oxygen atoms in total. The number of rotatable bonds is 3. The first-order valence-electron chi connectivity index (χ1n) is 5.77. The summed E-state index contributed by atoms with van der Waals surface area (Å²) in [7, 11) is 0. The Bertz CT molecular complexity index is 352. The Morgan fingerprint density at radius 3 is 2.94 bits per heavy atom. The van der Waals surface area contributed by atoms with Crippen molar-refractivity contribution in [2.75, 3.05) is 13.2 Å². The highest BCUT2D eigenvalue weighted by Gasteiger charge is 2.28. The van der Waals surface area contributed by atoms with E-state index >= 15 is 0 Å². The predicted molar refractivity (Wildman–Crippen MR) is 63.4 cm³/mol. The topological polar surface area (TPSA) is 44.5 Å². The molecule has 1 aliphatic heterocycles. The molecule has 3 heteroatoms. The lowest BCUT2D eigenvalue weighted by Gasteiger charge is -2.31. The molecule has 2 rings (SSSR count). The third-order valence-corrected chi connectivity index (χ3v) is 2.73. The van der Waals surface area contributed by atoms with Crippen LogP contribution in [0.3, 0.4) is 0 Å². The van der Waals surface area contributed by atoms with E-state index < -0.39 is 0 Å². The van der Waals surface area contributed by atoms with Crippen LogP contribution in [0.15, 0.2) is 24.3 Å². The molecule has 88 valence electrons. The van der Waals surface area contributed by atoms with E-state index in [-0.39, 0.29) is 12.1 Å². The van der Waals surface area contributed by atoms with Crippen molar-refractivity contribution in [3.8, 4) is 5.75 Å². The fourth-order valence-corrected chi connectivity index (χ4v) is 1.83. The zero-order chi connectivity index (χ0) is 11.5. The van der Waals surface area contributed by atoms with Crippen LogP contribution in [-0.4, -0.2) is 19.3 Å².